The van der Waals surface area contributed by atoms with Gasteiger partial charge in [0.05, 0.1) is 23.6 Å². The van der Waals surface area contributed by atoms with Crippen LogP contribution < -0.4 is 15.7 Å². The van der Waals surface area contributed by atoms with Crippen LogP contribution in [0.5, 0.6) is 5.75 Å². The fraction of sp³-hybridized carbons (Fsp3) is 0.200. The van der Waals surface area contributed by atoms with E-state index in [1.54, 1.807) is 42.2 Å². The summed E-state index contributed by atoms with van der Waals surface area (Å²) in [6.45, 7) is 8.28. The largest absolute Gasteiger partial charge is 0.488 e. The van der Waals surface area contributed by atoms with Crippen LogP contribution in [0.25, 0.3) is 11.0 Å². The predicted octanol–water partition coefficient (Wildman–Crippen LogP) is 4.53. The maximum Gasteiger partial charge on any atom is 0.340 e. The Balaban J connectivity index is 1.49. The second-order valence-electron chi connectivity index (χ2n) is 8.03. The molecule has 0 saturated carbocycles. The van der Waals surface area contributed by atoms with E-state index < -0.39 is 5.63 Å². The van der Waals surface area contributed by atoms with E-state index >= 15 is 0 Å². The molecule has 0 atom stereocenters. The van der Waals surface area contributed by atoms with Crippen LogP contribution >= 0.6 is 11.6 Å². The fourth-order valence-corrected chi connectivity index (χ4v) is 3.68. The molecule has 2 heterocycles. The maximum absolute atomic E-state index is 12.7. The number of anilines is 1. The molecule has 1 amide bonds. The number of ether oxygens (including phenoxy) is 1. The van der Waals surface area contributed by atoms with E-state index in [1.165, 1.54) is 6.33 Å². The van der Waals surface area contributed by atoms with Crippen LogP contribution in [0.1, 0.15) is 23.6 Å². The summed E-state index contributed by atoms with van der Waals surface area (Å²) in [5.41, 5.74) is 3.15. The number of hydrogen-bond acceptors (Lipinski definition) is 6. The number of aryl methyl sites for hydroxylation is 1. The minimum atomic E-state index is -0.573. The van der Waals surface area contributed by atoms with E-state index in [4.69, 9.17) is 20.8 Å². The van der Waals surface area contributed by atoms with Gasteiger partial charge in [-0.1, -0.05) is 30.3 Å². The third-order valence-corrected chi connectivity index (χ3v) is 5.50. The molecule has 9 heteroatoms. The van der Waals surface area contributed by atoms with Crippen molar-refractivity contribution in [3.63, 3.8) is 0 Å². The first-order valence-corrected chi connectivity index (χ1v) is 10.9. The molecule has 0 radical (unpaired) electrons. The predicted molar refractivity (Wildman–Crippen MR) is 130 cm³/mol. The van der Waals surface area contributed by atoms with Crippen molar-refractivity contribution in [2.75, 3.05) is 11.9 Å². The van der Waals surface area contributed by atoms with E-state index in [9.17, 15) is 9.59 Å². The molecule has 4 aromatic rings. The number of carbonyl (C=O) groups excluding carboxylic acids is 1. The Bertz CT molecular complexity index is 1410. The molecule has 1 N–H and O–H groups in total. The first-order valence-electron chi connectivity index (χ1n) is 10.5. The van der Waals surface area contributed by atoms with Gasteiger partial charge in [-0.3, -0.25) is 4.79 Å². The molecular formula is C25H23ClN4O4. The van der Waals surface area contributed by atoms with Gasteiger partial charge in [0.2, 0.25) is 5.91 Å². The first-order chi connectivity index (χ1) is 16.3. The van der Waals surface area contributed by atoms with Gasteiger partial charge in [0.15, 0.2) is 0 Å². The summed E-state index contributed by atoms with van der Waals surface area (Å²) < 4.78 is 12.8. The van der Waals surface area contributed by atoms with Gasteiger partial charge in [-0.25, -0.2) is 14.5 Å². The van der Waals surface area contributed by atoms with Crippen LogP contribution in [0.4, 0.5) is 5.69 Å². The summed E-state index contributed by atoms with van der Waals surface area (Å²) in [5.74, 6) is 0.0729. The van der Waals surface area contributed by atoms with Crippen molar-refractivity contribution < 1.29 is 13.9 Å². The van der Waals surface area contributed by atoms with Crippen molar-refractivity contribution in [3.8, 4) is 5.75 Å². The van der Waals surface area contributed by atoms with E-state index in [0.29, 0.717) is 46.1 Å². The monoisotopic (exact) mass is 478 g/mol. The minimum Gasteiger partial charge on any atom is -0.488 e. The third kappa shape index (κ3) is 5.35. The van der Waals surface area contributed by atoms with Crippen molar-refractivity contribution in [1.82, 2.24) is 14.8 Å². The highest BCUT2D eigenvalue weighted by molar-refractivity contribution is 6.32. The molecule has 8 nitrogen and oxygen atoms in total. The zero-order valence-electron chi connectivity index (χ0n) is 18.8. The Morgan fingerprint density at radius 1 is 1.26 bits per heavy atom. The zero-order valence-corrected chi connectivity index (χ0v) is 19.6. The summed E-state index contributed by atoms with van der Waals surface area (Å²) >= 11 is 6.36. The number of aromatic nitrogens is 3. The number of rotatable bonds is 8. The quantitative estimate of drug-likeness (QED) is 0.295. The van der Waals surface area contributed by atoms with Gasteiger partial charge >= 0.3 is 5.63 Å². The maximum atomic E-state index is 12.7. The van der Waals surface area contributed by atoms with Crippen LogP contribution in [-0.4, -0.2) is 27.3 Å². The average molecular weight is 479 g/mol. The average Bonchev–Trinajstić information content (AvgIpc) is 3.30. The number of nitrogens with zero attached hydrogens (tertiary/aromatic N) is 3. The number of nitrogens with one attached hydrogen (secondary N) is 1. The van der Waals surface area contributed by atoms with E-state index in [1.807, 2.05) is 19.1 Å². The van der Waals surface area contributed by atoms with Gasteiger partial charge in [0.25, 0.3) is 0 Å². The molecule has 0 saturated heterocycles. The standard InChI is InChI=1S/C25H23ClN4O4/c1-15(2)12-33-23-10-22-19(8-21(23)26)16(3)20(25(32)34-22)9-24(31)29-18-6-4-17(5-7-18)11-30-14-27-13-28-30/h4-8,10,13-14H,1,9,11-12H2,2-3H3,(H,29,31). The summed E-state index contributed by atoms with van der Waals surface area (Å²) in [4.78, 5) is 29.2. The molecule has 2 aromatic heterocycles. The lowest BCUT2D eigenvalue weighted by atomic mass is 10.0. The molecule has 0 aliphatic heterocycles. The van der Waals surface area contributed by atoms with Crippen LogP contribution in [0.3, 0.4) is 0 Å². The lowest BCUT2D eigenvalue weighted by Gasteiger charge is -2.12. The molecule has 4 rings (SSSR count). The number of hydrogen-bond donors (Lipinski definition) is 1. The lowest BCUT2D eigenvalue weighted by molar-refractivity contribution is -0.115. The van der Waals surface area contributed by atoms with Gasteiger partial charge < -0.3 is 14.5 Å². The van der Waals surface area contributed by atoms with Gasteiger partial charge in [0.1, 0.15) is 30.6 Å². The topological polar surface area (TPSA) is 99.2 Å². The van der Waals surface area contributed by atoms with Crippen LogP contribution in [0.15, 0.2) is 70.4 Å². The Morgan fingerprint density at radius 3 is 2.71 bits per heavy atom. The Hall–Kier alpha value is -3.91. The third-order valence-electron chi connectivity index (χ3n) is 5.20. The van der Waals surface area contributed by atoms with E-state index in [2.05, 4.69) is 22.0 Å². The SMILES string of the molecule is C=C(C)COc1cc2oc(=O)c(CC(=O)Nc3ccc(Cn4cncn4)cc3)c(C)c2cc1Cl. The summed E-state index contributed by atoms with van der Waals surface area (Å²) in [5, 5.41) is 7.92. The first kappa shape index (κ1) is 23.3. The van der Waals surface area contributed by atoms with Crippen LogP contribution in [0.2, 0.25) is 5.02 Å². The highest BCUT2D eigenvalue weighted by Gasteiger charge is 2.17. The molecular weight excluding hydrogens is 456 g/mol. The van der Waals surface area contributed by atoms with Gasteiger partial charge in [-0.2, -0.15) is 5.10 Å². The normalized spacial score (nSPS) is 10.9. The molecule has 34 heavy (non-hydrogen) atoms. The number of fused-ring (bicyclic) bond motifs is 1. The smallest absolute Gasteiger partial charge is 0.340 e. The molecule has 0 spiro atoms. The fourth-order valence-electron chi connectivity index (χ4n) is 3.47. The number of benzene rings is 2. The summed E-state index contributed by atoms with van der Waals surface area (Å²) in [6.07, 6.45) is 2.98. The van der Waals surface area contributed by atoms with Crippen molar-refractivity contribution in [1.29, 1.82) is 0 Å². The Kier molecular flexibility index (Phi) is 6.79. The molecule has 0 bridgehead atoms. The van der Waals surface area contributed by atoms with Crippen molar-refractivity contribution in [2.45, 2.75) is 26.8 Å². The van der Waals surface area contributed by atoms with Crippen molar-refractivity contribution in [3.05, 3.63) is 93.3 Å². The summed E-state index contributed by atoms with van der Waals surface area (Å²) in [6, 6.07) is 10.6. The van der Waals surface area contributed by atoms with Crippen LogP contribution in [-0.2, 0) is 17.8 Å². The van der Waals surface area contributed by atoms with Crippen molar-refractivity contribution >= 4 is 34.2 Å². The Labute approximate surface area is 200 Å². The Morgan fingerprint density at radius 2 is 2.03 bits per heavy atom. The number of carbonyl (C=O) groups is 1. The highest BCUT2D eigenvalue weighted by Crippen LogP contribution is 2.32. The number of halogens is 1. The van der Waals surface area contributed by atoms with E-state index in [0.717, 1.165) is 11.1 Å². The zero-order chi connectivity index (χ0) is 24.2. The lowest BCUT2D eigenvalue weighted by Crippen LogP contribution is -2.20. The van der Waals surface area contributed by atoms with Gasteiger partial charge in [0, 0.05) is 17.1 Å². The second-order valence-corrected chi connectivity index (χ2v) is 8.44. The minimum absolute atomic E-state index is 0.129. The van der Waals surface area contributed by atoms with Gasteiger partial charge in [-0.15, -0.1) is 0 Å². The van der Waals surface area contributed by atoms with Gasteiger partial charge in [-0.05, 0) is 48.7 Å². The van der Waals surface area contributed by atoms with E-state index in [-0.39, 0.29) is 17.9 Å². The molecule has 0 unspecified atom stereocenters. The van der Waals surface area contributed by atoms with Crippen LogP contribution in [0, 0.1) is 6.92 Å². The molecule has 0 aliphatic rings. The molecule has 0 fully saturated rings. The molecule has 0 aliphatic carbocycles. The highest BCUT2D eigenvalue weighted by atomic mass is 35.5. The second kappa shape index (κ2) is 9.93. The summed E-state index contributed by atoms with van der Waals surface area (Å²) in [7, 11) is 0. The van der Waals surface area contributed by atoms with Crippen molar-refractivity contribution in [2.24, 2.45) is 0 Å². The molecule has 2 aromatic carbocycles. The number of amides is 1. The molecule has 174 valence electrons.